The lowest BCUT2D eigenvalue weighted by Crippen LogP contribution is -2.35. The molecule has 1 unspecified atom stereocenters. The van der Waals surface area contributed by atoms with Gasteiger partial charge in [-0.15, -0.1) is 0 Å². The minimum Gasteiger partial charge on any atom is -0.371 e. The molecular formula is C10H10N2OS. The second-order valence-electron chi connectivity index (χ2n) is 3.34. The van der Waals surface area contributed by atoms with Crippen LogP contribution in [-0.2, 0) is 10.8 Å². The summed E-state index contributed by atoms with van der Waals surface area (Å²) in [5, 5.41) is 6.40. The molecule has 3 rings (SSSR count). The molecule has 3 nitrogen and oxygen atoms in total. The van der Waals surface area contributed by atoms with E-state index in [1.165, 1.54) is 0 Å². The Morgan fingerprint density at radius 3 is 3.07 bits per heavy atom. The van der Waals surface area contributed by atoms with Crippen LogP contribution < -0.4 is 10.6 Å². The van der Waals surface area contributed by atoms with Crippen molar-refractivity contribution in [3.05, 3.63) is 34.7 Å². The van der Waals surface area contributed by atoms with E-state index in [-0.39, 0.29) is 0 Å². The third-order valence-corrected chi connectivity index (χ3v) is 4.09. The Hall–Kier alpha value is -1.13. The van der Waals surface area contributed by atoms with Crippen molar-refractivity contribution in [2.24, 2.45) is 0 Å². The standard InChI is InChI=1S/C10H10N2OS/c13-14-8-4-2-1-3-7(8)10-9(14)5-11-6-12-10/h1-4,11-12H,5-6H2. The lowest BCUT2D eigenvalue weighted by atomic mass is 10.1. The monoisotopic (exact) mass is 206 g/mol. The zero-order valence-electron chi connectivity index (χ0n) is 7.54. The van der Waals surface area contributed by atoms with Gasteiger partial charge < -0.3 is 5.32 Å². The first-order chi connectivity index (χ1) is 6.88. The predicted octanol–water partition coefficient (Wildman–Crippen LogP) is 0.627. The molecule has 0 amide bonds. The molecule has 1 aromatic carbocycles. The number of benzene rings is 1. The van der Waals surface area contributed by atoms with Gasteiger partial charge in [0.25, 0.3) is 0 Å². The molecule has 2 aliphatic rings. The molecule has 2 heterocycles. The van der Waals surface area contributed by atoms with Crippen LogP contribution in [0.5, 0.6) is 0 Å². The molecule has 72 valence electrons. The summed E-state index contributed by atoms with van der Waals surface area (Å²) in [4.78, 5) is 1.92. The topological polar surface area (TPSA) is 41.1 Å². The van der Waals surface area contributed by atoms with Gasteiger partial charge >= 0.3 is 0 Å². The van der Waals surface area contributed by atoms with Gasteiger partial charge in [-0.05, 0) is 6.07 Å². The molecule has 0 bridgehead atoms. The fraction of sp³-hybridized carbons (Fsp3) is 0.200. The Morgan fingerprint density at radius 1 is 1.29 bits per heavy atom. The minimum atomic E-state index is -0.960. The van der Waals surface area contributed by atoms with Crippen molar-refractivity contribution in [1.29, 1.82) is 0 Å². The Morgan fingerprint density at radius 2 is 2.14 bits per heavy atom. The van der Waals surface area contributed by atoms with Crippen LogP contribution in [0.3, 0.4) is 0 Å². The van der Waals surface area contributed by atoms with Gasteiger partial charge in [0.2, 0.25) is 0 Å². The lowest BCUT2D eigenvalue weighted by molar-refractivity contribution is 0.666. The molecule has 0 aromatic heterocycles. The van der Waals surface area contributed by atoms with E-state index in [0.29, 0.717) is 0 Å². The van der Waals surface area contributed by atoms with Gasteiger partial charge in [-0.3, -0.25) is 5.32 Å². The van der Waals surface area contributed by atoms with E-state index < -0.39 is 10.8 Å². The molecule has 2 N–H and O–H groups in total. The van der Waals surface area contributed by atoms with E-state index >= 15 is 0 Å². The van der Waals surface area contributed by atoms with Crippen molar-refractivity contribution in [2.45, 2.75) is 4.90 Å². The van der Waals surface area contributed by atoms with Crippen LogP contribution in [0, 0.1) is 0 Å². The van der Waals surface area contributed by atoms with Gasteiger partial charge in [0.1, 0.15) is 0 Å². The predicted molar refractivity (Wildman–Crippen MR) is 55.8 cm³/mol. The summed E-state index contributed by atoms with van der Waals surface area (Å²) >= 11 is 0. The Kier molecular flexibility index (Phi) is 1.72. The highest BCUT2D eigenvalue weighted by molar-refractivity contribution is 7.89. The van der Waals surface area contributed by atoms with Gasteiger partial charge in [0, 0.05) is 12.1 Å². The number of fused-ring (bicyclic) bond motifs is 2. The van der Waals surface area contributed by atoms with Gasteiger partial charge in [-0.2, -0.15) is 0 Å². The van der Waals surface area contributed by atoms with Gasteiger partial charge in [0.15, 0.2) is 0 Å². The van der Waals surface area contributed by atoms with Crippen LogP contribution in [0.4, 0.5) is 0 Å². The van der Waals surface area contributed by atoms with Crippen molar-refractivity contribution >= 4 is 16.5 Å². The zero-order valence-corrected chi connectivity index (χ0v) is 8.36. The highest BCUT2D eigenvalue weighted by atomic mass is 32.2. The summed E-state index contributed by atoms with van der Waals surface area (Å²) < 4.78 is 12.0. The first-order valence-electron chi connectivity index (χ1n) is 4.57. The van der Waals surface area contributed by atoms with E-state index in [1.54, 1.807) is 0 Å². The number of hydrogen-bond donors (Lipinski definition) is 2. The average molecular weight is 206 g/mol. The van der Waals surface area contributed by atoms with Crippen LogP contribution in [0.1, 0.15) is 5.56 Å². The van der Waals surface area contributed by atoms with Crippen LogP contribution in [-0.4, -0.2) is 17.4 Å². The third kappa shape index (κ3) is 0.980. The smallest absolute Gasteiger partial charge is 0.0849 e. The Balaban J connectivity index is 2.23. The second kappa shape index (κ2) is 2.93. The molecule has 4 heteroatoms. The molecule has 1 atom stereocenters. The van der Waals surface area contributed by atoms with Gasteiger partial charge in [-0.25, -0.2) is 4.21 Å². The number of rotatable bonds is 0. The first-order valence-corrected chi connectivity index (χ1v) is 5.72. The highest BCUT2D eigenvalue weighted by Crippen LogP contribution is 2.34. The molecule has 0 fully saturated rings. The molecule has 1 aromatic rings. The maximum absolute atomic E-state index is 12.0. The molecule has 0 spiro atoms. The average Bonchev–Trinajstić information content (AvgIpc) is 2.55. The van der Waals surface area contributed by atoms with Crippen LogP contribution >= 0.6 is 0 Å². The Bertz CT molecular complexity index is 453. The molecule has 2 aliphatic heterocycles. The summed E-state index contributed by atoms with van der Waals surface area (Å²) in [6, 6.07) is 7.87. The van der Waals surface area contributed by atoms with Crippen molar-refractivity contribution in [1.82, 2.24) is 10.6 Å². The summed E-state index contributed by atoms with van der Waals surface area (Å²) in [6.07, 6.45) is 0. The molecule has 14 heavy (non-hydrogen) atoms. The van der Waals surface area contributed by atoms with Crippen molar-refractivity contribution in [3.8, 4) is 0 Å². The van der Waals surface area contributed by atoms with E-state index in [2.05, 4.69) is 10.6 Å². The summed E-state index contributed by atoms with van der Waals surface area (Å²) in [6.45, 7) is 1.48. The van der Waals surface area contributed by atoms with Crippen molar-refractivity contribution in [3.63, 3.8) is 0 Å². The highest BCUT2D eigenvalue weighted by Gasteiger charge is 2.29. The minimum absolute atomic E-state index is 0.726. The van der Waals surface area contributed by atoms with E-state index in [4.69, 9.17) is 0 Å². The molecule has 0 radical (unpaired) electrons. The van der Waals surface area contributed by atoms with Gasteiger partial charge in [-0.1, -0.05) is 18.2 Å². The fourth-order valence-corrected chi connectivity index (χ4v) is 3.32. The maximum atomic E-state index is 12.0. The van der Waals surface area contributed by atoms with Crippen molar-refractivity contribution in [2.75, 3.05) is 13.2 Å². The summed E-state index contributed by atoms with van der Waals surface area (Å²) in [5.74, 6) is 0. The summed E-state index contributed by atoms with van der Waals surface area (Å²) in [5.41, 5.74) is 2.17. The quantitative estimate of drug-likeness (QED) is 0.654. The third-order valence-electron chi connectivity index (χ3n) is 2.53. The van der Waals surface area contributed by atoms with Crippen molar-refractivity contribution < 1.29 is 4.21 Å². The number of nitrogens with one attached hydrogen (secondary N) is 2. The molecule has 0 saturated heterocycles. The van der Waals surface area contributed by atoms with E-state index in [0.717, 1.165) is 34.3 Å². The molecule has 0 saturated carbocycles. The lowest BCUT2D eigenvalue weighted by Gasteiger charge is -2.16. The first kappa shape index (κ1) is 8.20. The fourth-order valence-electron chi connectivity index (χ4n) is 1.89. The SMILES string of the molecule is O=S1C2=C(NCNC2)c2ccccc21. The van der Waals surface area contributed by atoms with E-state index in [9.17, 15) is 4.21 Å². The largest absolute Gasteiger partial charge is 0.371 e. The molecular weight excluding hydrogens is 196 g/mol. The van der Waals surface area contributed by atoms with Gasteiger partial charge in [0.05, 0.1) is 33.0 Å². The van der Waals surface area contributed by atoms with Crippen LogP contribution in [0.2, 0.25) is 0 Å². The zero-order chi connectivity index (χ0) is 9.54. The molecule has 0 aliphatic carbocycles. The second-order valence-corrected chi connectivity index (χ2v) is 4.81. The van der Waals surface area contributed by atoms with E-state index in [1.807, 2.05) is 24.3 Å². The normalized spacial score (nSPS) is 24.1. The Labute approximate surface area is 84.7 Å². The number of hydrogen-bond acceptors (Lipinski definition) is 3. The van der Waals surface area contributed by atoms with Crippen LogP contribution in [0.25, 0.3) is 5.70 Å². The summed E-state index contributed by atoms with van der Waals surface area (Å²) in [7, 11) is -0.960. The van der Waals surface area contributed by atoms with Crippen LogP contribution in [0.15, 0.2) is 34.1 Å². The maximum Gasteiger partial charge on any atom is 0.0849 e.